The number of hydrogen-bond acceptors (Lipinski definition) is 4. The van der Waals surface area contributed by atoms with Crippen LogP contribution in [0.1, 0.15) is 24.5 Å². The lowest BCUT2D eigenvalue weighted by molar-refractivity contribution is -0.137. The van der Waals surface area contributed by atoms with Gasteiger partial charge in [-0.3, -0.25) is 9.89 Å². The number of benzene rings is 1. The number of aromatic nitrogens is 2. The maximum atomic E-state index is 13.2. The smallest absolute Gasteiger partial charge is 0.248 e. The van der Waals surface area contributed by atoms with Crippen molar-refractivity contribution < 1.29 is 18.7 Å². The zero-order valence-electron chi connectivity index (χ0n) is 14.9. The fourth-order valence-corrected chi connectivity index (χ4v) is 3.30. The second-order valence-electron chi connectivity index (χ2n) is 6.43. The predicted molar refractivity (Wildman–Crippen MR) is 95.2 cm³/mol. The lowest BCUT2D eigenvalue weighted by atomic mass is 9.90. The topological polar surface area (TPSA) is 67.5 Å². The molecule has 1 N–H and O–H groups in total. The van der Waals surface area contributed by atoms with E-state index in [0.29, 0.717) is 19.8 Å². The maximum absolute atomic E-state index is 13.2. The van der Waals surface area contributed by atoms with Gasteiger partial charge in [0.1, 0.15) is 12.4 Å². The number of nitrogens with zero attached hydrogens (tertiary/aromatic N) is 2. The molecule has 140 valence electrons. The molecule has 26 heavy (non-hydrogen) atoms. The first-order valence-corrected chi connectivity index (χ1v) is 8.82. The number of nitrogens with one attached hydrogen (secondary N) is 1. The minimum absolute atomic E-state index is 0.00588. The SMILES string of the molecule is COCCOCC(=O)N1CCC[C@@H](c2[nH]ncc2-c2ccc(F)cc2)C1. The Labute approximate surface area is 152 Å². The molecule has 1 saturated heterocycles. The highest BCUT2D eigenvalue weighted by atomic mass is 19.1. The summed E-state index contributed by atoms with van der Waals surface area (Å²) in [7, 11) is 1.60. The van der Waals surface area contributed by atoms with Crippen molar-refractivity contribution in [3.63, 3.8) is 0 Å². The van der Waals surface area contributed by atoms with Crippen LogP contribution in [0.4, 0.5) is 4.39 Å². The molecule has 1 aromatic heterocycles. The summed E-state index contributed by atoms with van der Waals surface area (Å²) in [6.45, 7) is 2.33. The van der Waals surface area contributed by atoms with Gasteiger partial charge in [-0.1, -0.05) is 12.1 Å². The van der Waals surface area contributed by atoms with Gasteiger partial charge in [-0.05, 0) is 30.5 Å². The van der Waals surface area contributed by atoms with Crippen molar-refractivity contribution in [2.24, 2.45) is 0 Å². The van der Waals surface area contributed by atoms with Gasteiger partial charge < -0.3 is 14.4 Å². The average molecular weight is 361 g/mol. The van der Waals surface area contributed by atoms with Crippen molar-refractivity contribution in [3.8, 4) is 11.1 Å². The monoisotopic (exact) mass is 361 g/mol. The molecule has 2 aromatic rings. The van der Waals surface area contributed by atoms with E-state index in [9.17, 15) is 9.18 Å². The van der Waals surface area contributed by atoms with Crippen molar-refractivity contribution >= 4 is 5.91 Å². The number of amides is 1. The number of hydrogen-bond donors (Lipinski definition) is 1. The summed E-state index contributed by atoms with van der Waals surface area (Å²) in [5.74, 6) is -0.0930. The van der Waals surface area contributed by atoms with Crippen molar-refractivity contribution in [1.82, 2.24) is 15.1 Å². The van der Waals surface area contributed by atoms with Gasteiger partial charge >= 0.3 is 0 Å². The van der Waals surface area contributed by atoms with E-state index in [-0.39, 0.29) is 24.2 Å². The molecular weight excluding hydrogens is 337 g/mol. The molecular formula is C19H24FN3O3. The fourth-order valence-electron chi connectivity index (χ4n) is 3.30. The first-order valence-electron chi connectivity index (χ1n) is 8.82. The zero-order chi connectivity index (χ0) is 18.4. The Morgan fingerprint density at radius 1 is 1.35 bits per heavy atom. The van der Waals surface area contributed by atoms with Crippen LogP contribution < -0.4 is 0 Å². The number of aromatic amines is 1. The molecule has 1 aliphatic heterocycles. The Balaban J connectivity index is 1.66. The van der Waals surface area contributed by atoms with E-state index in [1.165, 1.54) is 12.1 Å². The summed E-state index contributed by atoms with van der Waals surface area (Å²) in [5, 5.41) is 7.25. The lowest BCUT2D eigenvalue weighted by Crippen LogP contribution is -2.41. The highest BCUT2D eigenvalue weighted by Crippen LogP contribution is 2.33. The number of piperidine rings is 1. The van der Waals surface area contributed by atoms with Gasteiger partial charge in [-0.25, -0.2) is 4.39 Å². The molecule has 0 spiro atoms. The molecule has 0 unspecified atom stereocenters. The molecule has 2 heterocycles. The van der Waals surface area contributed by atoms with E-state index >= 15 is 0 Å². The predicted octanol–water partition coefficient (Wildman–Crippen LogP) is 2.58. The number of halogens is 1. The van der Waals surface area contributed by atoms with Crippen LogP contribution in [0.25, 0.3) is 11.1 Å². The summed E-state index contributed by atoms with van der Waals surface area (Å²) in [6.07, 6.45) is 3.66. The van der Waals surface area contributed by atoms with Crippen LogP contribution in [0.5, 0.6) is 0 Å². The average Bonchev–Trinajstić information content (AvgIpc) is 3.15. The highest BCUT2D eigenvalue weighted by molar-refractivity contribution is 5.77. The zero-order valence-corrected chi connectivity index (χ0v) is 14.9. The molecule has 7 heteroatoms. The van der Waals surface area contributed by atoms with Crippen LogP contribution in [0, 0.1) is 5.82 Å². The van der Waals surface area contributed by atoms with Crippen molar-refractivity contribution in [3.05, 3.63) is 42.0 Å². The fraction of sp³-hybridized carbons (Fsp3) is 0.474. The van der Waals surface area contributed by atoms with E-state index in [2.05, 4.69) is 10.2 Å². The van der Waals surface area contributed by atoms with E-state index in [1.807, 2.05) is 4.90 Å². The Morgan fingerprint density at radius 2 is 2.15 bits per heavy atom. The molecule has 0 saturated carbocycles. The Hall–Kier alpha value is -2.25. The van der Waals surface area contributed by atoms with E-state index < -0.39 is 0 Å². The summed E-state index contributed by atoms with van der Waals surface area (Å²) >= 11 is 0. The molecule has 1 fully saturated rings. The van der Waals surface area contributed by atoms with Crippen LogP contribution in [0.2, 0.25) is 0 Å². The van der Waals surface area contributed by atoms with Crippen LogP contribution in [0.15, 0.2) is 30.5 Å². The molecule has 0 bridgehead atoms. The Bertz CT molecular complexity index is 717. The maximum Gasteiger partial charge on any atom is 0.248 e. The number of rotatable bonds is 7. The standard InChI is InChI=1S/C19H24FN3O3/c1-25-9-10-26-13-18(24)23-8-2-3-15(12-23)19-17(11-21-22-19)14-4-6-16(20)7-5-14/h4-7,11,15H,2-3,8-10,12-13H2,1H3,(H,21,22)/t15-/m1/s1. The summed E-state index contributed by atoms with van der Waals surface area (Å²) in [5.41, 5.74) is 2.87. The second kappa shape index (κ2) is 8.91. The van der Waals surface area contributed by atoms with E-state index in [0.717, 1.165) is 36.2 Å². The van der Waals surface area contributed by atoms with Gasteiger partial charge in [0.2, 0.25) is 5.91 Å². The van der Waals surface area contributed by atoms with Crippen molar-refractivity contribution in [2.45, 2.75) is 18.8 Å². The second-order valence-corrected chi connectivity index (χ2v) is 6.43. The summed E-state index contributed by atoms with van der Waals surface area (Å²) in [6, 6.07) is 6.39. The number of H-pyrrole nitrogens is 1. The molecule has 6 nitrogen and oxygen atoms in total. The largest absolute Gasteiger partial charge is 0.382 e. The first kappa shape index (κ1) is 18.5. The number of methoxy groups -OCH3 is 1. The number of carbonyl (C=O) groups is 1. The van der Waals surface area contributed by atoms with Crippen molar-refractivity contribution in [1.29, 1.82) is 0 Å². The van der Waals surface area contributed by atoms with Crippen LogP contribution in [0.3, 0.4) is 0 Å². The normalized spacial score (nSPS) is 17.5. The minimum atomic E-state index is -0.262. The molecule has 3 rings (SSSR count). The van der Waals surface area contributed by atoms with Crippen LogP contribution >= 0.6 is 0 Å². The van der Waals surface area contributed by atoms with Crippen LogP contribution in [-0.4, -0.2) is 61.0 Å². The third kappa shape index (κ3) is 4.47. The summed E-state index contributed by atoms with van der Waals surface area (Å²) in [4.78, 5) is 14.2. The van der Waals surface area contributed by atoms with Gasteiger partial charge in [0.25, 0.3) is 0 Å². The quantitative estimate of drug-likeness (QED) is 0.770. The Kier molecular flexibility index (Phi) is 6.35. The number of ether oxygens (including phenoxy) is 2. The third-order valence-corrected chi connectivity index (χ3v) is 4.66. The van der Waals surface area contributed by atoms with Gasteiger partial charge in [-0.2, -0.15) is 5.10 Å². The van der Waals surface area contributed by atoms with Gasteiger partial charge in [0.15, 0.2) is 0 Å². The van der Waals surface area contributed by atoms with E-state index in [4.69, 9.17) is 9.47 Å². The molecule has 1 amide bonds. The molecule has 0 aliphatic carbocycles. The highest BCUT2D eigenvalue weighted by Gasteiger charge is 2.27. The Morgan fingerprint density at radius 3 is 2.92 bits per heavy atom. The number of likely N-dealkylation sites (tertiary alicyclic amines) is 1. The molecule has 1 atom stereocenters. The van der Waals surface area contributed by atoms with Gasteiger partial charge in [-0.15, -0.1) is 0 Å². The van der Waals surface area contributed by atoms with Crippen LogP contribution in [-0.2, 0) is 14.3 Å². The molecule has 1 aromatic carbocycles. The molecule has 1 aliphatic rings. The first-order chi connectivity index (χ1) is 12.7. The minimum Gasteiger partial charge on any atom is -0.382 e. The van der Waals surface area contributed by atoms with E-state index in [1.54, 1.807) is 25.4 Å². The molecule has 0 radical (unpaired) electrons. The number of carbonyl (C=O) groups excluding carboxylic acids is 1. The third-order valence-electron chi connectivity index (χ3n) is 4.66. The lowest BCUT2D eigenvalue weighted by Gasteiger charge is -2.32. The van der Waals surface area contributed by atoms with Gasteiger partial charge in [0, 0.05) is 37.4 Å². The van der Waals surface area contributed by atoms with Crippen molar-refractivity contribution in [2.75, 3.05) is 40.0 Å². The van der Waals surface area contributed by atoms with Gasteiger partial charge in [0.05, 0.1) is 19.4 Å². The summed E-state index contributed by atoms with van der Waals surface area (Å²) < 4.78 is 23.4.